The molecule has 0 amide bonds. The average molecular weight is 276 g/mol. The van der Waals surface area contributed by atoms with Crippen molar-refractivity contribution >= 4 is 7.82 Å². The largest absolute Gasteiger partial charge is 0.584 e. The van der Waals surface area contributed by atoms with Crippen LogP contribution >= 0.6 is 7.82 Å². The van der Waals surface area contributed by atoms with Crippen LogP contribution in [0.15, 0.2) is 36.4 Å². The third-order valence-corrected chi connectivity index (χ3v) is 4.00. The summed E-state index contributed by atoms with van der Waals surface area (Å²) in [6.07, 6.45) is 0. The van der Waals surface area contributed by atoms with E-state index in [0.29, 0.717) is 11.5 Å². The van der Waals surface area contributed by atoms with E-state index in [9.17, 15) is 9.46 Å². The Morgan fingerprint density at radius 2 is 1.37 bits per heavy atom. The van der Waals surface area contributed by atoms with Crippen molar-refractivity contribution in [2.24, 2.45) is 0 Å². The maximum absolute atomic E-state index is 11.6. The molecule has 0 unspecified atom stereocenters. The number of phosphoric acid groups is 1. The van der Waals surface area contributed by atoms with E-state index in [4.69, 9.17) is 9.05 Å². The highest BCUT2D eigenvalue weighted by Crippen LogP contribution is 2.56. The lowest BCUT2D eigenvalue weighted by Crippen LogP contribution is -2.08. The monoisotopic (exact) mass is 276 g/mol. The van der Waals surface area contributed by atoms with Crippen LogP contribution in [0.25, 0.3) is 11.1 Å². The van der Waals surface area contributed by atoms with Crippen molar-refractivity contribution in [1.29, 1.82) is 0 Å². The molecule has 4 nitrogen and oxygen atoms in total. The van der Waals surface area contributed by atoms with Gasteiger partial charge in [0.1, 0.15) is 11.5 Å². The van der Waals surface area contributed by atoms with Crippen LogP contribution in [-0.2, 0) is 4.57 Å². The molecule has 5 heteroatoms. The number of aryl methyl sites for hydroxylation is 2. The minimum atomic E-state index is -4.03. The molecule has 3 rings (SSSR count). The predicted octanol–water partition coefficient (Wildman–Crippen LogP) is 3.84. The molecular weight excluding hydrogens is 263 g/mol. The molecule has 0 saturated carbocycles. The smallest absolute Gasteiger partial charge is 0.394 e. The van der Waals surface area contributed by atoms with E-state index in [0.717, 1.165) is 22.3 Å². The second kappa shape index (κ2) is 4.12. The molecular formula is C14H13O4P. The second-order valence-corrected chi connectivity index (χ2v) is 5.85. The molecule has 19 heavy (non-hydrogen) atoms. The number of fused-ring (bicyclic) bond motifs is 2. The van der Waals surface area contributed by atoms with Crippen LogP contribution in [-0.4, -0.2) is 4.89 Å². The van der Waals surface area contributed by atoms with Gasteiger partial charge in [0.05, 0.1) is 5.56 Å². The number of hydrogen-bond acceptors (Lipinski definition) is 3. The molecule has 0 radical (unpaired) electrons. The molecule has 1 aliphatic heterocycles. The summed E-state index contributed by atoms with van der Waals surface area (Å²) in [7, 11) is -4.03. The summed E-state index contributed by atoms with van der Waals surface area (Å²) in [5.41, 5.74) is 3.84. The highest BCUT2D eigenvalue weighted by atomic mass is 31.2. The summed E-state index contributed by atoms with van der Waals surface area (Å²) in [4.78, 5) is 9.49. The fourth-order valence-corrected chi connectivity index (χ4v) is 3.22. The van der Waals surface area contributed by atoms with Gasteiger partial charge in [-0.25, -0.2) is 4.57 Å². The molecule has 98 valence electrons. The SMILES string of the molecule is Cc1cccc(C)c1-c1c2cccc1OP(=O)(O)O2. The maximum Gasteiger partial charge on any atom is 0.584 e. The van der Waals surface area contributed by atoms with E-state index >= 15 is 0 Å². The van der Waals surface area contributed by atoms with Gasteiger partial charge in [0, 0.05) is 0 Å². The Hall–Kier alpha value is -1.77. The number of benzene rings is 2. The lowest BCUT2D eigenvalue weighted by Gasteiger charge is -2.25. The van der Waals surface area contributed by atoms with Crippen molar-refractivity contribution in [2.45, 2.75) is 13.8 Å². The third kappa shape index (κ3) is 2.03. The highest BCUT2D eigenvalue weighted by Gasteiger charge is 2.34. The van der Waals surface area contributed by atoms with Gasteiger partial charge >= 0.3 is 7.82 Å². The van der Waals surface area contributed by atoms with Gasteiger partial charge in [-0.2, -0.15) is 0 Å². The average Bonchev–Trinajstić information content (AvgIpc) is 2.29. The van der Waals surface area contributed by atoms with Gasteiger partial charge in [0.25, 0.3) is 0 Å². The van der Waals surface area contributed by atoms with Crippen LogP contribution in [0.2, 0.25) is 0 Å². The number of rotatable bonds is 1. The minimum Gasteiger partial charge on any atom is -0.394 e. The van der Waals surface area contributed by atoms with E-state index in [1.54, 1.807) is 18.2 Å². The van der Waals surface area contributed by atoms with Crippen molar-refractivity contribution in [3.05, 3.63) is 47.5 Å². The van der Waals surface area contributed by atoms with Crippen LogP contribution in [0.1, 0.15) is 11.1 Å². The molecule has 0 atom stereocenters. The van der Waals surface area contributed by atoms with Crippen molar-refractivity contribution in [3.63, 3.8) is 0 Å². The predicted molar refractivity (Wildman–Crippen MR) is 72.4 cm³/mol. The summed E-state index contributed by atoms with van der Waals surface area (Å²) in [6, 6.07) is 11.0. The number of hydrogen-bond donors (Lipinski definition) is 1. The van der Waals surface area contributed by atoms with Gasteiger partial charge in [-0.1, -0.05) is 24.3 Å². The molecule has 2 aromatic carbocycles. The van der Waals surface area contributed by atoms with E-state index in [1.807, 2.05) is 32.0 Å². The first kappa shape index (κ1) is 12.3. The zero-order valence-electron chi connectivity index (χ0n) is 10.6. The quantitative estimate of drug-likeness (QED) is 0.804. The van der Waals surface area contributed by atoms with E-state index in [1.165, 1.54) is 0 Å². The van der Waals surface area contributed by atoms with Crippen LogP contribution in [0.5, 0.6) is 11.5 Å². The normalized spacial score (nSPS) is 15.5. The van der Waals surface area contributed by atoms with Crippen LogP contribution < -0.4 is 9.05 Å². The molecule has 0 fully saturated rings. The molecule has 2 aromatic rings. The first-order valence-corrected chi connectivity index (χ1v) is 7.39. The highest BCUT2D eigenvalue weighted by molar-refractivity contribution is 7.48. The van der Waals surface area contributed by atoms with Crippen molar-refractivity contribution in [1.82, 2.24) is 0 Å². The summed E-state index contributed by atoms with van der Waals surface area (Å²) in [6.45, 7) is 3.98. The van der Waals surface area contributed by atoms with Crippen molar-refractivity contribution in [2.75, 3.05) is 0 Å². The Labute approximate surface area is 111 Å². The topological polar surface area (TPSA) is 55.8 Å². The molecule has 1 heterocycles. The van der Waals surface area contributed by atoms with Gasteiger partial charge in [0.15, 0.2) is 0 Å². The maximum atomic E-state index is 11.6. The minimum absolute atomic E-state index is 0.381. The molecule has 2 bridgehead atoms. The van der Waals surface area contributed by atoms with Gasteiger partial charge in [-0.3, -0.25) is 4.89 Å². The van der Waals surface area contributed by atoms with Crippen molar-refractivity contribution < 1.29 is 18.5 Å². The Morgan fingerprint density at radius 3 is 1.89 bits per heavy atom. The van der Waals surface area contributed by atoms with Gasteiger partial charge in [0.2, 0.25) is 0 Å². The Morgan fingerprint density at radius 1 is 0.895 bits per heavy atom. The summed E-state index contributed by atoms with van der Waals surface area (Å²) < 4.78 is 21.7. The van der Waals surface area contributed by atoms with Crippen LogP contribution in [0, 0.1) is 13.8 Å². The molecule has 0 saturated heterocycles. The van der Waals surface area contributed by atoms with Gasteiger partial charge < -0.3 is 9.05 Å². The zero-order chi connectivity index (χ0) is 13.6. The fourth-order valence-electron chi connectivity index (χ4n) is 2.39. The van der Waals surface area contributed by atoms with Crippen LogP contribution in [0.3, 0.4) is 0 Å². The first-order chi connectivity index (χ1) is 8.98. The molecule has 1 aliphatic rings. The van der Waals surface area contributed by atoms with E-state index in [2.05, 4.69) is 0 Å². The van der Waals surface area contributed by atoms with Crippen molar-refractivity contribution in [3.8, 4) is 22.6 Å². The van der Waals surface area contributed by atoms with Crippen LogP contribution in [0.4, 0.5) is 0 Å². The summed E-state index contributed by atoms with van der Waals surface area (Å²) >= 11 is 0. The van der Waals surface area contributed by atoms with E-state index in [-0.39, 0.29) is 0 Å². The van der Waals surface area contributed by atoms with E-state index < -0.39 is 7.82 Å². The Balaban J connectivity index is 2.29. The van der Waals surface area contributed by atoms with Gasteiger partial charge in [-0.15, -0.1) is 0 Å². The summed E-state index contributed by atoms with van der Waals surface area (Å²) in [5.74, 6) is 0.763. The standard InChI is InChI=1S/C14H13O4P/c1-9-5-3-6-10(2)13(9)14-11-7-4-8-12(14)18-19(15,16)17-11/h3-8H,1-2H3,(H,15,16). The van der Waals surface area contributed by atoms with Gasteiger partial charge in [-0.05, 0) is 42.7 Å². The molecule has 0 aromatic heterocycles. The number of phosphoric ester groups is 1. The Kier molecular flexibility index (Phi) is 2.66. The Bertz CT molecular complexity index is 660. The third-order valence-electron chi connectivity index (χ3n) is 3.15. The first-order valence-electron chi connectivity index (χ1n) is 5.89. The lowest BCUT2D eigenvalue weighted by atomic mass is 9.94. The molecule has 0 aliphatic carbocycles. The second-order valence-electron chi connectivity index (χ2n) is 4.55. The molecule has 1 N–H and O–H groups in total. The fraction of sp³-hybridized carbons (Fsp3) is 0.143. The summed E-state index contributed by atoms with van der Waals surface area (Å²) in [5, 5.41) is 0. The zero-order valence-corrected chi connectivity index (χ0v) is 11.5. The lowest BCUT2D eigenvalue weighted by molar-refractivity contribution is 0.282. The molecule has 0 spiro atoms.